The van der Waals surface area contributed by atoms with Crippen LogP contribution in [0.4, 0.5) is 4.39 Å². The highest BCUT2D eigenvalue weighted by molar-refractivity contribution is 5.99. The first-order valence-corrected chi connectivity index (χ1v) is 11.4. The molecule has 1 fully saturated rings. The number of unbranched alkanes of at least 4 members (excludes halogenated alkanes) is 1. The highest BCUT2D eigenvalue weighted by Crippen LogP contribution is 2.29. The van der Waals surface area contributed by atoms with Gasteiger partial charge in [0.1, 0.15) is 11.7 Å². The summed E-state index contributed by atoms with van der Waals surface area (Å²) in [6, 6.07) is 3.74. The number of hydrogen-bond donors (Lipinski definition) is 4. The third kappa shape index (κ3) is 7.00. The summed E-state index contributed by atoms with van der Waals surface area (Å²) in [5, 5.41) is 19.2. The maximum absolute atomic E-state index is 14.5. The Morgan fingerprint density at radius 3 is 2.45 bits per heavy atom. The number of carboxylic acids is 1. The molecule has 5 N–H and O–H groups in total. The zero-order valence-electron chi connectivity index (χ0n) is 19.6. The van der Waals surface area contributed by atoms with Crippen LogP contribution < -0.4 is 11.1 Å². The molecule has 0 aliphatic carbocycles. The molecule has 0 bridgehead atoms. The van der Waals surface area contributed by atoms with E-state index in [1.54, 1.807) is 18.7 Å². The van der Waals surface area contributed by atoms with Crippen molar-refractivity contribution in [2.45, 2.75) is 64.8 Å². The molecule has 1 aliphatic heterocycles. The molecule has 9 heteroatoms. The largest absolute Gasteiger partial charge is 0.481 e. The van der Waals surface area contributed by atoms with Crippen LogP contribution >= 0.6 is 0 Å². The predicted molar refractivity (Wildman–Crippen MR) is 124 cm³/mol. The van der Waals surface area contributed by atoms with Crippen molar-refractivity contribution in [2.75, 3.05) is 13.1 Å². The molecule has 0 saturated carbocycles. The molecule has 1 aromatic carbocycles. The second-order valence-electron chi connectivity index (χ2n) is 9.35. The molecule has 1 aromatic rings. The van der Waals surface area contributed by atoms with Gasteiger partial charge in [0, 0.05) is 30.6 Å². The summed E-state index contributed by atoms with van der Waals surface area (Å²) < 4.78 is 14.5. The Balaban J connectivity index is 2.15. The third-order valence-corrected chi connectivity index (χ3v) is 6.37. The van der Waals surface area contributed by atoms with E-state index >= 15 is 0 Å². The number of hydrogen-bond acceptors (Lipinski definition) is 4. The number of nitrogens with zero attached hydrogens (tertiary/aromatic N) is 1. The lowest BCUT2D eigenvalue weighted by atomic mass is 9.81. The number of aliphatic carboxylic acids is 1. The van der Waals surface area contributed by atoms with E-state index in [1.807, 2.05) is 6.92 Å². The second kappa shape index (κ2) is 11.2. The van der Waals surface area contributed by atoms with Gasteiger partial charge in [-0.3, -0.25) is 19.8 Å². The fourth-order valence-corrected chi connectivity index (χ4v) is 4.34. The van der Waals surface area contributed by atoms with E-state index in [2.05, 4.69) is 5.32 Å². The van der Waals surface area contributed by atoms with Crippen molar-refractivity contribution in [3.8, 4) is 0 Å². The number of amidine groups is 1. The van der Waals surface area contributed by atoms with E-state index in [0.29, 0.717) is 32.4 Å². The van der Waals surface area contributed by atoms with Gasteiger partial charge in [0.2, 0.25) is 5.91 Å². The number of piperidine rings is 1. The Hall–Kier alpha value is -2.97. The van der Waals surface area contributed by atoms with Gasteiger partial charge in [-0.15, -0.1) is 0 Å². The standard InChI is InChI=1S/C24H35FN4O4/c1-4-5-6-18(23(33)29-11-9-15(10-12-29)13-20(30)31)24(2,3)28-22(32)17-8-7-16(21(26)27)14-19(17)25/h7-8,14-15,18H,4-6,9-13H2,1-3H3,(H3,26,27)(H,28,32)(H,30,31). The minimum Gasteiger partial charge on any atom is -0.481 e. The van der Waals surface area contributed by atoms with E-state index < -0.39 is 29.2 Å². The number of carbonyl (C=O) groups excluding carboxylic acids is 2. The average molecular weight is 463 g/mol. The topological polar surface area (TPSA) is 137 Å². The first-order valence-electron chi connectivity index (χ1n) is 11.4. The smallest absolute Gasteiger partial charge is 0.303 e. The number of halogens is 1. The summed E-state index contributed by atoms with van der Waals surface area (Å²) in [4.78, 5) is 39.0. The van der Waals surface area contributed by atoms with Gasteiger partial charge in [0.25, 0.3) is 5.91 Å². The number of likely N-dealkylation sites (tertiary alicyclic amines) is 1. The van der Waals surface area contributed by atoms with Gasteiger partial charge >= 0.3 is 5.97 Å². The Morgan fingerprint density at radius 2 is 1.94 bits per heavy atom. The summed E-state index contributed by atoms with van der Waals surface area (Å²) in [5.41, 5.74) is 4.45. The molecule has 1 aliphatic rings. The van der Waals surface area contributed by atoms with Crippen molar-refractivity contribution in [3.05, 3.63) is 35.1 Å². The molecule has 182 valence electrons. The lowest BCUT2D eigenvalue weighted by Crippen LogP contribution is -2.55. The van der Waals surface area contributed by atoms with Crippen LogP contribution in [0.3, 0.4) is 0 Å². The van der Waals surface area contributed by atoms with Crippen LogP contribution in [-0.4, -0.2) is 52.3 Å². The summed E-state index contributed by atoms with van der Waals surface area (Å²) in [5.74, 6) is -3.05. The summed E-state index contributed by atoms with van der Waals surface area (Å²) in [6.45, 7) is 6.54. The van der Waals surface area contributed by atoms with Gasteiger partial charge in [-0.05, 0) is 51.2 Å². The van der Waals surface area contributed by atoms with Gasteiger partial charge in [0.15, 0.2) is 0 Å². The highest BCUT2D eigenvalue weighted by Gasteiger charge is 2.39. The van der Waals surface area contributed by atoms with Crippen LogP contribution in [0.5, 0.6) is 0 Å². The van der Waals surface area contributed by atoms with Gasteiger partial charge in [-0.25, -0.2) is 4.39 Å². The maximum atomic E-state index is 14.5. The molecule has 1 unspecified atom stereocenters. The van der Waals surface area contributed by atoms with Crippen LogP contribution in [0.1, 0.15) is 75.2 Å². The SMILES string of the molecule is CCCCC(C(=O)N1CCC(CC(=O)O)CC1)C(C)(C)NC(=O)c1ccc(C(=N)N)cc1F. The van der Waals surface area contributed by atoms with Crippen LogP contribution in [0.25, 0.3) is 0 Å². The Labute approximate surface area is 194 Å². The zero-order chi connectivity index (χ0) is 24.8. The molecule has 0 radical (unpaired) electrons. The molecular weight excluding hydrogens is 427 g/mol. The Kier molecular flexibility index (Phi) is 8.96. The molecule has 2 amide bonds. The lowest BCUT2D eigenvalue weighted by molar-refractivity contribution is -0.140. The zero-order valence-corrected chi connectivity index (χ0v) is 19.6. The van der Waals surface area contributed by atoms with E-state index in [-0.39, 0.29) is 35.2 Å². The number of nitrogens with two attached hydrogens (primary N) is 1. The van der Waals surface area contributed by atoms with Gasteiger partial charge in [0.05, 0.1) is 11.5 Å². The van der Waals surface area contributed by atoms with E-state index in [0.717, 1.165) is 18.9 Å². The summed E-state index contributed by atoms with van der Waals surface area (Å²) >= 11 is 0. The molecule has 1 atom stereocenters. The first-order chi connectivity index (χ1) is 15.5. The Morgan fingerprint density at radius 1 is 1.30 bits per heavy atom. The van der Waals surface area contributed by atoms with Crippen LogP contribution in [0, 0.1) is 23.1 Å². The molecule has 1 saturated heterocycles. The molecule has 1 heterocycles. The van der Waals surface area contributed by atoms with E-state index in [9.17, 15) is 18.8 Å². The number of nitrogens with one attached hydrogen (secondary N) is 2. The van der Waals surface area contributed by atoms with Crippen molar-refractivity contribution in [1.29, 1.82) is 5.41 Å². The number of rotatable bonds is 10. The molecule has 0 aromatic heterocycles. The lowest BCUT2D eigenvalue weighted by Gasteiger charge is -2.40. The quantitative estimate of drug-likeness (QED) is 0.313. The number of benzene rings is 1. The van der Waals surface area contributed by atoms with Crippen molar-refractivity contribution >= 4 is 23.6 Å². The molecule has 8 nitrogen and oxygen atoms in total. The van der Waals surface area contributed by atoms with Crippen molar-refractivity contribution in [2.24, 2.45) is 17.6 Å². The summed E-state index contributed by atoms with van der Waals surface area (Å²) in [6.07, 6.45) is 3.64. The van der Waals surface area contributed by atoms with Crippen LogP contribution in [-0.2, 0) is 9.59 Å². The number of carbonyl (C=O) groups is 3. The number of carboxylic acid groups (broad SMARTS) is 1. The molecular formula is C24H35FN4O4. The third-order valence-electron chi connectivity index (χ3n) is 6.37. The minimum atomic E-state index is -0.938. The van der Waals surface area contributed by atoms with Crippen molar-refractivity contribution in [3.63, 3.8) is 0 Å². The highest BCUT2D eigenvalue weighted by atomic mass is 19.1. The van der Waals surface area contributed by atoms with Crippen molar-refractivity contribution in [1.82, 2.24) is 10.2 Å². The predicted octanol–water partition coefficient (Wildman–Crippen LogP) is 3.14. The fourth-order valence-electron chi connectivity index (χ4n) is 4.34. The summed E-state index contributed by atoms with van der Waals surface area (Å²) in [7, 11) is 0. The van der Waals surface area contributed by atoms with E-state index in [1.165, 1.54) is 12.1 Å². The monoisotopic (exact) mass is 462 g/mol. The van der Waals surface area contributed by atoms with Gasteiger partial charge in [-0.2, -0.15) is 0 Å². The fraction of sp³-hybridized carbons (Fsp3) is 0.583. The second-order valence-corrected chi connectivity index (χ2v) is 9.35. The van der Waals surface area contributed by atoms with Gasteiger partial charge in [-0.1, -0.05) is 25.8 Å². The molecule has 33 heavy (non-hydrogen) atoms. The maximum Gasteiger partial charge on any atom is 0.303 e. The first kappa shape index (κ1) is 26.3. The number of amides is 2. The van der Waals surface area contributed by atoms with Crippen LogP contribution in [0.2, 0.25) is 0 Å². The Bertz CT molecular complexity index is 894. The minimum absolute atomic E-state index is 0.0642. The molecule has 2 rings (SSSR count). The van der Waals surface area contributed by atoms with Gasteiger partial charge < -0.3 is 21.1 Å². The molecule has 0 spiro atoms. The average Bonchev–Trinajstić information content (AvgIpc) is 2.73. The van der Waals surface area contributed by atoms with E-state index in [4.69, 9.17) is 16.2 Å². The normalized spacial score (nSPS) is 15.7. The van der Waals surface area contributed by atoms with Crippen molar-refractivity contribution < 1.29 is 23.9 Å². The van der Waals surface area contributed by atoms with Crippen LogP contribution in [0.15, 0.2) is 18.2 Å². The number of nitrogen functional groups attached to an aromatic ring is 1.